The topological polar surface area (TPSA) is 12.4 Å². The summed E-state index contributed by atoms with van der Waals surface area (Å²) >= 11 is 0. The van der Waals surface area contributed by atoms with Crippen LogP contribution >= 0.6 is 0 Å². The lowest BCUT2D eigenvalue weighted by molar-refractivity contribution is 0.714. The summed E-state index contributed by atoms with van der Waals surface area (Å²) in [6.45, 7) is 4.39. The van der Waals surface area contributed by atoms with Gasteiger partial charge in [0.1, 0.15) is 0 Å². The van der Waals surface area contributed by atoms with Crippen LogP contribution in [0.5, 0.6) is 0 Å². The fourth-order valence-electron chi connectivity index (χ4n) is 0.939. The van der Waals surface area contributed by atoms with Crippen molar-refractivity contribution in [3.8, 4) is 0 Å². The van der Waals surface area contributed by atoms with Gasteiger partial charge in [0.05, 0.1) is 0 Å². The van der Waals surface area contributed by atoms with Crippen LogP contribution in [0.2, 0.25) is 0 Å². The Labute approximate surface area is 70.2 Å². The van der Waals surface area contributed by atoms with Crippen LogP contribution < -0.4 is 0 Å². The zero-order valence-electron chi connectivity index (χ0n) is 7.93. The van der Waals surface area contributed by atoms with Gasteiger partial charge in [-0.15, -0.1) is 0 Å². The standard InChI is InChI=1S/C10H19N/c1-4-5-6-7-10(2)8-9-11-3/h8-9H,4-7H2,1-3H3/b10-8+,11-9-. The average Bonchev–Trinajstić information content (AvgIpc) is 2.01. The van der Waals surface area contributed by atoms with E-state index in [2.05, 4.69) is 24.9 Å². The number of hydrogen-bond acceptors (Lipinski definition) is 1. The van der Waals surface area contributed by atoms with Crippen molar-refractivity contribution in [3.63, 3.8) is 0 Å². The van der Waals surface area contributed by atoms with E-state index >= 15 is 0 Å². The van der Waals surface area contributed by atoms with Gasteiger partial charge in [-0.2, -0.15) is 0 Å². The normalized spacial score (nSPS) is 12.8. The van der Waals surface area contributed by atoms with Gasteiger partial charge in [0.15, 0.2) is 0 Å². The highest BCUT2D eigenvalue weighted by molar-refractivity contribution is 5.71. The molecule has 0 aromatic carbocycles. The lowest BCUT2D eigenvalue weighted by atomic mass is 10.1. The van der Waals surface area contributed by atoms with Crippen molar-refractivity contribution in [2.45, 2.75) is 39.5 Å². The molecule has 1 heteroatoms. The molecule has 0 saturated heterocycles. The van der Waals surface area contributed by atoms with Crippen LogP contribution in [0.3, 0.4) is 0 Å². The lowest BCUT2D eigenvalue weighted by Gasteiger charge is -1.97. The van der Waals surface area contributed by atoms with E-state index in [1.54, 1.807) is 7.05 Å². The summed E-state index contributed by atoms with van der Waals surface area (Å²) in [6.07, 6.45) is 9.14. The van der Waals surface area contributed by atoms with Crippen LogP contribution in [0, 0.1) is 0 Å². The zero-order valence-corrected chi connectivity index (χ0v) is 7.93. The van der Waals surface area contributed by atoms with Gasteiger partial charge in [0, 0.05) is 13.3 Å². The van der Waals surface area contributed by atoms with Gasteiger partial charge >= 0.3 is 0 Å². The van der Waals surface area contributed by atoms with Crippen molar-refractivity contribution >= 4 is 6.21 Å². The summed E-state index contributed by atoms with van der Waals surface area (Å²) in [4.78, 5) is 3.90. The highest BCUT2D eigenvalue weighted by atomic mass is 14.6. The van der Waals surface area contributed by atoms with Crippen molar-refractivity contribution in [1.29, 1.82) is 0 Å². The molecule has 0 spiro atoms. The van der Waals surface area contributed by atoms with Gasteiger partial charge in [0.25, 0.3) is 0 Å². The fourth-order valence-corrected chi connectivity index (χ4v) is 0.939. The molecule has 11 heavy (non-hydrogen) atoms. The predicted octanol–water partition coefficient (Wildman–Crippen LogP) is 3.21. The Morgan fingerprint density at radius 2 is 2.09 bits per heavy atom. The van der Waals surface area contributed by atoms with Gasteiger partial charge < -0.3 is 0 Å². The summed E-state index contributed by atoms with van der Waals surface area (Å²) < 4.78 is 0. The molecule has 0 aliphatic heterocycles. The number of aliphatic imine (C=N–C) groups is 1. The molecule has 0 unspecified atom stereocenters. The van der Waals surface area contributed by atoms with Crippen LogP contribution in [-0.4, -0.2) is 13.3 Å². The van der Waals surface area contributed by atoms with Gasteiger partial charge in [-0.3, -0.25) is 4.99 Å². The van der Waals surface area contributed by atoms with E-state index in [1.165, 1.54) is 31.3 Å². The molecule has 0 amide bonds. The largest absolute Gasteiger partial charge is 0.297 e. The lowest BCUT2D eigenvalue weighted by Crippen LogP contribution is -1.79. The van der Waals surface area contributed by atoms with E-state index in [0.29, 0.717) is 0 Å². The second-order valence-electron chi connectivity index (χ2n) is 2.88. The quantitative estimate of drug-likeness (QED) is 0.425. The molecule has 0 N–H and O–H groups in total. The third-order valence-electron chi connectivity index (χ3n) is 1.68. The van der Waals surface area contributed by atoms with Crippen LogP contribution in [0.1, 0.15) is 39.5 Å². The number of hydrogen-bond donors (Lipinski definition) is 0. The smallest absolute Gasteiger partial charge is 0.0277 e. The first kappa shape index (κ1) is 10.4. The molecule has 1 nitrogen and oxygen atoms in total. The van der Waals surface area contributed by atoms with Gasteiger partial charge in [-0.1, -0.05) is 25.3 Å². The molecule has 0 bridgehead atoms. The van der Waals surface area contributed by atoms with E-state index in [4.69, 9.17) is 0 Å². The Morgan fingerprint density at radius 3 is 2.64 bits per heavy atom. The van der Waals surface area contributed by atoms with E-state index in [1.807, 2.05) is 6.21 Å². The number of unbranched alkanes of at least 4 members (excludes halogenated alkanes) is 2. The minimum absolute atomic E-state index is 1.22. The summed E-state index contributed by atoms with van der Waals surface area (Å²) in [6, 6.07) is 0. The molecule has 0 aromatic heterocycles. The molecular formula is C10H19N. The van der Waals surface area contributed by atoms with Crippen molar-refractivity contribution < 1.29 is 0 Å². The molecule has 0 rings (SSSR count). The fraction of sp³-hybridized carbons (Fsp3) is 0.700. The molecule has 0 fully saturated rings. The summed E-state index contributed by atoms with van der Waals surface area (Å²) in [5, 5.41) is 0. The Hall–Kier alpha value is -0.590. The van der Waals surface area contributed by atoms with Crippen molar-refractivity contribution in [2.75, 3.05) is 7.05 Å². The van der Waals surface area contributed by atoms with Gasteiger partial charge in [-0.25, -0.2) is 0 Å². The first-order valence-corrected chi connectivity index (χ1v) is 4.39. The molecule has 0 radical (unpaired) electrons. The van der Waals surface area contributed by atoms with Crippen LogP contribution in [0.15, 0.2) is 16.6 Å². The van der Waals surface area contributed by atoms with Gasteiger partial charge in [0.2, 0.25) is 0 Å². The Morgan fingerprint density at radius 1 is 1.36 bits per heavy atom. The minimum atomic E-state index is 1.22. The molecule has 0 aromatic rings. The zero-order chi connectivity index (χ0) is 8.53. The van der Waals surface area contributed by atoms with E-state index in [0.717, 1.165) is 0 Å². The Balaban J connectivity index is 3.42. The summed E-state index contributed by atoms with van der Waals surface area (Å²) in [7, 11) is 1.80. The average molecular weight is 153 g/mol. The third-order valence-corrected chi connectivity index (χ3v) is 1.68. The maximum absolute atomic E-state index is 3.90. The number of nitrogens with zero attached hydrogens (tertiary/aromatic N) is 1. The molecule has 0 saturated carbocycles. The van der Waals surface area contributed by atoms with Crippen LogP contribution in [0.25, 0.3) is 0 Å². The summed E-state index contributed by atoms with van der Waals surface area (Å²) in [5.74, 6) is 0. The van der Waals surface area contributed by atoms with E-state index in [9.17, 15) is 0 Å². The monoisotopic (exact) mass is 153 g/mol. The van der Waals surface area contributed by atoms with Crippen LogP contribution in [-0.2, 0) is 0 Å². The molecule has 64 valence electrons. The number of rotatable bonds is 5. The molecular weight excluding hydrogens is 134 g/mol. The number of allylic oxidation sites excluding steroid dienone is 2. The third kappa shape index (κ3) is 7.31. The predicted molar refractivity (Wildman–Crippen MR) is 52.3 cm³/mol. The maximum atomic E-state index is 3.90. The van der Waals surface area contributed by atoms with Crippen molar-refractivity contribution in [1.82, 2.24) is 0 Å². The minimum Gasteiger partial charge on any atom is -0.297 e. The summed E-state index contributed by atoms with van der Waals surface area (Å²) in [5.41, 5.74) is 1.43. The molecule has 0 heterocycles. The Kier molecular flexibility index (Phi) is 7.11. The highest BCUT2D eigenvalue weighted by Gasteiger charge is 1.87. The van der Waals surface area contributed by atoms with Gasteiger partial charge in [-0.05, 0) is 25.8 Å². The molecule has 0 aliphatic carbocycles. The second kappa shape index (κ2) is 7.52. The van der Waals surface area contributed by atoms with Crippen LogP contribution in [0.4, 0.5) is 0 Å². The molecule has 0 atom stereocenters. The van der Waals surface area contributed by atoms with E-state index < -0.39 is 0 Å². The maximum Gasteiger partial charge on any atom is 0.0277 e. The van der Waals surface area contributed by atoms with Crippen molar-refractivity contribution in [2.24, 2.45) is 4.99 Å². The SMILES string of the molecule is CCCCC/C(C)=C/C=N\C. The molecule has 0 aliphatic rings. The first-order chi connectivity index (χ1) is 5.31. The second-order valence-corrected chi connectivity index (χ2v) is 2.88. The Bertz CT molecular complexity index is 134. The highest BCUT2D eigenvalue weighted by Crippen LogP contribution is 2.06. The first-order valence-electron chi connectivity index (χ1n) is 4.39. The van der Waals surface area contributed by atoms with E-state index in [-0.39, 0.29) is 0 Å². The van der Waals surface area contributed by atoms with Crippen molar-refractivity contribution in [3.05, 3.63) is 11.6 Å².